The van der Waals surface area contributed by atoms with E-state index in [-0.39, 0.29) is 5.91 Å². The molecule has 0 unspecified atom stereocenters. The second-order valence-corrected chi connectivity index (χ2v) is 11.4. The molecule has 0 bridgehead atoms. The van der Waals surface area contributed by atoms with Crippen LogP contribution in [0.1, 0.15) is 113 Å². The topological polar surface area (TPSA) is 149 Å². The van der Waals surface area contributed by atoms with Crippen LogP contribution in [0, 0.1) is 0 Å². The Morgan fingerprint density at radius 2 is 1.32 bits per heavy atom. The van der Waals surface area contributed by atoms with Crippen LogP contribution in [0.4, 0.5) is 4.79 Å². The molecule has 3 amide bonds. The van der Waals surface area contributed by atoms with Gasteiger partial charge in [0.1, 0.15) is 17.2 Å². The van der Waals surface area contributed by atoms with Gasteiger partial charge in [0.05, 0.1) is 6.04 Å². The molecule has 0 aliphatic carbocycles. The predicted octanol–water partition coefficient (Wildman–Crippen LogP) is 3.70. The zero-order valence-electron chi connectivity index (χ0n) is 24.2. The van der Waals surface area contributed by atoms with Crippen molar-refractivity contribution in [1.82, 2.24) is 16.0 Å². The number of ether oxygens (including phenoxy) is 2. The summed E-state index contributed by atoms with van der Waals surface area (Å²) in [6.45, 7) is 13.7. The first-order valence-electron chi connectivity index (χ1n) is 13.7. The number of rotatable bonds is 17. The minimum Gasteiger partial charge on any atom is -0.458 e. The minimum atomic E-state index is -0.813. The summed E-state index contributed by atoms with van der Waals surface area (Å²) in [6, 6.07) is -1.60. The van der Waals surface area contributed by atoms with Gasteiger partial charge in [0.2, 0.25) is 11.8 Å². The summed E-state index contributed by atoms with van der Waals surface area (Å²) in [7, 11) is 0. The first-order chi connectivity index (χ1) is 17.1. The van der Waals surface area contributed by atoms with Crippen molar-refractivity contribution < 1.29 is 28.7 Å². The normalized spacial score (nSPS) is 13.3. The molecule has 0 saturated carbocycles. The van der Waals surface area contributed by atoms with Crippen molar-refractivity contribution in [3.63, 3.8) is 0 Å². The van der Waals surface area contributed by atoms with Gasteiger partial charge in [-0.05, 0) is 86.5 Å². The summed E-state index contributed by atoms with van der Waals surface area (Å²) >= 11 is 0. The minimum absolute atomic E-state index is 0.0395. The highest BCUT2D eigenvalue weighted by Crippen LogP contribution is 2.12. The van der Waals surface area contributed by atoms with Crippen molar-refractivity contribution in [2.45, 2.75) is 136 Å². The second kappa shape index (κ2) is 18.0. The number of esters is 1. The van der Waals surface area contributed by atoms with Gasteiger partial charge in [-0.2, -0.15) is 0 Å². The smallest absolute Gasteiger partial charge is 0.407 e. The fraction of sp³-hybridized carbons (Fsp3) is 0.852. The monoisotopic (exact) mass is 528 g/mol. The fourth-order valence-corrected chi connectivity index (χ4v) is 3.35. The third kappa shape index (κ3) is 20.4. The molecule has 0 aromatic heterocycles. The van der Waals surface area contributed by atoms with Gasteiger partial charge < -0.3 is 31.2 Å². The van der Waals surface area contributed by atoms with Crippen LogP contribution in [0.25, 0.3) is 0 Å². The number of carbonyl (C=O) groups is 4. The van der Waals surface area contributed by atoms with Crippen LogP contribution >= 0.6 is 0 Å². The number of amides is 3. The summed E-state index contributed by atoms with van der Waals surface area (Å²) in [4.78, 5) is 48.9. The van der Waals surface area contributed by atoms with Crippen LogP contribution in [0.3, 0.4) is 0 Å². The zero-order valence-corrected chi connectivity index (χ0v) is 24.2. The quantitative estimate of drug-likeness (QED) is 0.166. The van der Waals surface area contributed by atoms with Crippen LogP contribution < -0.4 is 21.7 Å². The van der Waals surface area contributed by atoms with Crippen LogP contribution in [-0.2, 0) is 23.9 Å². The summed E-state index contributed by atoms with van der Waals surface area (Å²) in [6.07, 6.45) is 6.41. The Bertz CT molecular complexity index is 700. The van der Waals surface area contributed by atoms with Crippen molar-refractivity contribution in [3.05, 3.63) is 0 Å². The Labute approximate surface area is 223 Å². The van der Waals surface area contributed by atoms with Crippen LogP contribution in [-0.4, -0.2) is 60.3 Å². The van der Waals surface area contributed by atoms with E-state index in [0.29, 0.717) is 58.0 Å². The van der Waals surface area contributed by atoms with E-state index in [9.17, 15) is 19.2 Å². The molecule has 10 nitrogen and oxygen atoms in total. The molecular weight excluding hydrogens is 476 g/mol. The second-order valence-electron chi connectivity index (χ2n) is 11.4. The summed E-state index contributed by atoms with van der Waals surface area (Å²) in [5, 5.41) is 8.31. The number of hydrogen-bond acceptors (Lipinski definition) is 7. The Morgan fingerprint density at radius 3 is 1.89 bits per heavy atom. The van der Waals surface area contributed by atoms with Gasteiger partial charge in [0.25, 0.3) is 0 Å². The van der Waals surface area contributed by atoms with Gasteiger partial charge in [0.15, 0.2) is 0 Å². The number of carbonyl (C=O) groups excluding carboxylic acids is 4. The van der Waals surface area contributed by atoms with Crippen molar-refractivity contribution in [1.29, 1.82) is 0 Å². The van der Waals surface area contributed by atoms with Crippen LogP contribution in [0.5, 0.6) is 0 Å². The fourth-order valence-electron chi connectivity index (χ4n) is 3.35. The maximum Gasteiger partial charge on any atom is 0.407 e. The van der Waals surface area contributed by atoms with Gasteiger partial charge in [-0.1, -0.05) is 19.8 Å². The summed E-state index contributed by atoms with van der Waals surface area (Å²) < 4.78 is 10.7. The highest BCUT2D eigenvalue weighted by atomic mass is 16.6. The number of nitrogens with one attached hydrogen (secondary N) is 3. The Kier molecular flexibility index (Phi) is 16.8. The van der Waals surface area contributed by atoms with Crippen molar-refractivity contribution >= 4 is 23.9 Å². The van der Waals surface area contributed by atoms with Crippen molar-refractivity contribution in [2.75, 3.05) is 13.1 Å². The van der Waals surface area contributed by atoms with Gasteiger partial charge >= 0.3 is 12.1 Å². The van der Waals surface area contributed by atoms with Gasteiger partial charge in [-0.3, -0.25) is 9.59 Å². The van der Waals surface area contributed by atoms with E-state index in [1.807, 2.05) is 0 Å². The van der Waals surface area contributed by atoms with E-state index in [1.165, 1.54) is 0 Å². The maximum absolute atomic E-state index is 12.7. The Hall–Kier alpha value is -2.36. The largest absolute Gasteiger partial charge is 0.458 e. The van der Waals surface area contributed by atoms with Gasteiger partial charge in [0, 0.05) is 19.5 Å². The Balaban J connectivity index is 4.54. The molecule has 0 rings (SSSR count). The highest BCUT2D eigenvalue weighted by Gasteiger charge is 2.28. The molecule has 10 heteroatoms. The van der Waals surface area contributed by atoms with E-state index in [4.69, 9.17) is 15.2 Å². The third-order valence-corrected chi connectivity index (χ3v) is 5.20. The molecule has 0 aliphatic rings. The van der Waals surface area contributed by atoms with Crippen LogP contribution in [0.15, 0.2) is 0 Å². The maximum atomic E-state index is 12.7. The molecule has 0 fully saturated rings. The number of unbranched alkanes of at least 4 members (excludes halogenated alkanes) is 4. The average molecular weight is 529 g/mol. The zero-order chi connectivity index (χ0) is 28.5. The summed E-state index contributed by atoms with van der Waals surface area (Å²) in [5.41, 5.74) is 4.81. The van der Waals surface area contributed by atoms with E-state index in [2.05, 4.69) is 22.9 Å². The number of hydrogen-bond donors (Lipinski definition) is 4. The molecule has 0 spiro atoms. The molecule has 5 N–H and O–H groups in total. The van der Waals surface area contributed by atoms with Crippen molar-refractivity contribution in [2.24, 2.45) is 5.73 Å². The molecule has 0 radical (unpaired) electrons. The Morgan fingerprint density at radius 1 is 0.757 bits per heavy atom. The standard InChI is InChI=1S/C27H52N4O6/c1-8-9-10-17-22(32)29-18-14-12-16-21(24(34)36-26(2,3)4)31-23(33)20(28)15-11-13-19-30-25(35)37-27(5,6)7/h20-21H,8-19,28H2,1-7H3,(H,29,32)(H,30,35)(H,31,33)/t20-,21-/m0/s1. The lowest BCUT2D eigenvalue weighted by atomic mass is 10.1. The van der Waals surface area contributed by atoms with E-state index < -0.39 is 41.3 Å². The molecular formula is C27H52N4O6. The molecule has 2 atom stereocenters. The molecule has 216 valence electrons. The summed E-state index contributed by atoms with van der Waals surface area (Å²) in [5.74, 6) is -0.879. The lowest BCUT2D eigenvalue weighted by Gasteiger charge is -2.25. The average Bonchev–Trinajstić information content (AvgIpc) is 2.75. The number of nitrogens with two attached hydrogens (primary N) is 1. The SMILES string of the molecule is CCCCCC(=O)NCCCC[C@H](NC(=O)[C@@H](N)CCCCNC(=O)OC(C)(C)C)C(=O)OC(C)(C)C. The molecule has 37 heavy (non-hydrogen) atoms. The van der Waals surface area contributed by atoms with E-state index >= 15 is 0 Å². The van der Waals surface area contributed by atoms with Gasteiger partial charge in [-0.25, -0.2) is 9.59 Å². The lowest BCUT2D eigenvalue weighted by Crippen LogP contribution is -2.50. The molecule has 0 aromatic rings. The predicted molar refractivity (Wildman–Crippen MR) is 145 cm³/mol. The number of alkyl carbamates (subject to hydrolysis) is 1. The lowest BCUT2D eigenvalue weighted by molar-refractivity contribution is -0.159. The molecule has 0 aromatic carbocycles. The van der Waals surface area contributed by atoms with Crippen molar-refractivity contribution in [3.8, 4) is 0 Å². The molecule has 0 heterocycles. The molecule has 0 aliphatic heterocycles. The third-order valence-electron chi connectivity index (χ3n) is 5.20. The first-order valence-corrected chi connectivity index (χ1v) is 13.7. The van der Waals surface area contributed by atoms with E-state index in [0.717, 1.165) is 19.3 Å². The van der Waals surface area contributed by atoms with E-state index in [1.54, 1.807) is 41.5 Å². The first kappa shape index (κ1) is 34.6. The van der Waals surface area contributed by atoms with Gasteiger partial charge in [-0.15, -0.1) is 0 Å². The van der Waals surface area contributed by atoms with Crippen LogP contribution in [0.2, 0.25) is 0 Å². The molecule has 0 saturated heterocycles. The highest BCUT2D eigenvalue weighted by molar-refractivity contribution is 5.87.